The van der Waals surface area contributed by atoms with E-state index in [4.69, 9.17) is 0 Å². The highest BCUT2D eigenvalue weighted by Gasteiger charge is 2.15. The fourth-order valence-electron chi connectivity index (χ4n) is 2.19. The molecule has 1 fully saturated rings. The van der Waals surface area contributed by atoms with Crippen molar-refractivity contribution in [1.29, 1.82) is 0 Å². The molecule has 1 saturated carbocycles. The van der Waals surface area contributed by atoms with Crippen LogP contribution in [0.5, 0.6) is 0 Å². The van der Waals surface area contributed by atoms with Gasteiger partial charge in [-0.3, -0.25) is 10.1 Å². The summed E-state index contributed by atoms with van der Waals surface area (Å²) in [5, 5.41) is 14.7. The summed E-state index contributed by atoms with van der Waals surface area (Å²) >= 11 is 1.13. The van der Waals surface area contributed by atoms with E-state index in [0.29, 0.717) is 11.2 Å². The van der Waals surface area contributed by atoms with Crippen LogP contribution in [0, 0.1) is 10.1 Å². The molecule has 0 aromatic carbocycles. The zero-order valence-electron chi connectivity index (χ0n) is 9.72. The van der Waals surface area contributed by atoms with Gasteiger partial charge in [-0.15, -0.1) is 0 Å². The van der Waals surface area contributed by atoms with Crippen molar-refractivity contribution >= 4 is 21.5 Å². The third kappa shape index (κ3) is 3.66. The monoisotopic (exact) mass is 255 g/mol. The smallest absolute Gasteiger partial charge is 0.345 e. The standard InChI is InChI=1S/C11H17N3O2S/c15-14(16)10-8-12-11(17-10)13-9-6-4-2-1-3-5-7-9/h8-9H,1-7H2,(H,12,13). The summed E-state index contributed by atoms with van der Waals surface area (Å²) in [5.41, 5.74) is 0. The molecule has 1 aromatic rings. The molecule has 0 radical (unpaired) electrons. The van der Waals surface area contributed by atoms with Crippen LogP contribution in [0.25, 0.3) is 0 Å². The van der Waals surface area contributed by atoms with E-state index < -0.39 is 0 Å². The van der Waals surface area contributed by atoms with E-state index in [-0.39, 0.29) is 9.92 Å². The highest BCUT2D eigenvalue weighted by molar-refractivity contribution is 7.18. The quantitative estimate of drug-likeness (QED) is 0.662. The second-order valence-electron chi connectivity index (χ2n) is 4.45. The van der Waals surface area contributed by atoms with Gasteiger partial charge in [0.15, 0.2) is 5.13 Å². The SMILES string of the molecule is O=[N+]([O-])c1cnc(NC2CCCCCCC2)s1. The van der Waals surface area contributed by atoms with E-state index in [0.717, 1.165) is 24.2 Å². The average Bonchev–Trinajstić information content (AvgIpc) is 2.70. The molecule has 1 aliphatic rings. The van der Waals surface area contributed by atoms with Crippen LogP contribution in [0.15, 0.2) is 6.20 Å². The van der Waals surface area contributed by atoms with Crippen molar-refractivity contribution in [3.63, 3.8) is 0 Å². The highest BCUT2D eigenvalue weighted by atomic mass is 32.1. The van der Waals surface area contributed by atoms with Gasteiger partial charge in [-0.25, -0.2) is 4.98 Å². The van der Waals surface area contributed by atoms with Crippen molar-refractivity contribution in [3.8, 4) is 0 Å². The Morgan fingerprint density at radius 2 is 1.94 bits per heavy atom. The molecule has 0 spiro atoms. The van der Waals surface area contributed by atoms with Crippen LogP contribution < -0.4 is 5.32 Å². The maximum Gasteiger partial charge on any atom is 0.345 e. The van der Waals surface area contributed by atoms with E-state index in [2.05, 4.69) is 10.3 Å². The Morgan fingerprint density at radius 3 is 2.53 bits per heavy atom. The number of aromatic nitrogens is 1. The molecule has 17 heavy (non-hydrogen) atoms. The summed E-state index contributed by atoms with van der Waals surface area (Å²) in [4.78, 5) is 14.2. The molecule has 0 atom stereocenters. The molecule has 5 nitrogen and oxygen atoms in total. The average molecular weight is 255 g/mol. The fraction of sp³-hybridized carbons (Fsp3) is 0.727. The van der Waals surface area contributed by atoms with Crippen LogP contribution in [-0.4, -0.2) is 15.9 Å². The molecule has 1 N–H and O–H groups in total. The number of nitrogens with one attached hydrogen (secondary N) is 1. The topological polar surface area (TPSA) is 68.1 Å². The lowest BCUT2D eigenvalue weighted by Crippen LogP contribution is -2.20. The minimum absolute atomic E-state index is 0.110. The second-order valence-corrected chi connectivity index (χ2v) is 5.46. The van der Waals surface area contributed by atoms with Gasteiger partial charge in [0.05, 0.1) is 4.92 Å². The Hall–Kier alpha value is -1.17. The minimum atomic E-state index is -0.388. The van der Waals surface area contributed by atoms with Gasteiger partial charge in [-0.2, -0.15) is 0 Å². The maximum absolute atomic E-state index is 10.6. The Morgan fingerprint density at radius 1 is 1.29 bits per heavy atom. The van der Waals surface area contributed by atoms with Crippen molar-refractivity contribution in [3.05, 3.63) is 16.3 Å². The third-order valence-electron chi connectivity index (χ3n) is 3.11. The fourth-order valence-corrected chi connectivity index (χ4v) is 2.90. The van der Waals surface area contributed by atoms with Crippen LogP contribution in [-0.2, 0) is 0 Å². The lowest BCUT2D eigenvalue weighted by molar-refractivity contribution is -0.380. The van der Waals surface area contributed by atoms with Gasteiger partial charge in [0.2, 0.25) is 0 Å². The lowest BCUT2D eigenvalue weighted by Gasteiger charge is -2.20. The molecule has 0 unspecified atom stereocenters. The van der Waals surface area contributed by atoms with Gasteiger partial charge in [-0.05, 0) is 24.2 Å². The number of rotatable bonds is 3. The minimum Gasteiger partial charge on any atom is -0.359 e. The summed E-state index contributed by atoms with van der Waals surface area (Å²) in [6, 6.07) is 0.432. The molecule has 1 aromatic heterocycles. The molecule has 0 bridgehead atoms. The summed E-state index contributed by atoms with van der Waals surface area (Å²) in [6.45, 7) is 0. The molecule has 2 rings (SSSR count). The Bertz CT molecular complexity index is 373. The number of nitro groups is 1. The molecular formula is C11H17N3O2S. The van der Waals surface area contributed by atoms with Crippen LogP contribution >= 0.6 is 11.3 Å². The van der Waals surface area contributed by atoms with Crippen molar-refractivity contribution < 1.29 is 4.92 Å². The van der Waals surface area contributed by atoms with Crippen LogP contribution in [0.4, 0.5) is 10.1 Å². The summed E-state index contributed by atoms with van der Waals surface area (Å²) in [6.07, 6.45) is 10.1. The van der Waals surface area contributed by atoms with Crippen molar-refractivity contribution in [2.24, 2.45) is 0 Å². The van der Waals surface area contributed by atoms with E-state index in [1.165, 1.54) is 38.3 Å². The van der Waals surface area contributed by atoms with Gasteiger partial charge in [0, 0.05) is 6.04 Å². The van der Waals surface area contributed by atoms with Crippen LogP contribution in [0.3, 0.4) is 0 Å². The predicted octanol–water partition coefficient (Wildman–Crippen LogP) is 3.58. The summed E-state index contributed by atoms with van der Waals surface area (Å²) in [7, 11) is 0. The van der Waals surface area contributed by atoms with Gasteiger partial charge < -0.3 is 5.32 Å². The molecule has 1 aliphatic carbocycles. The molecule has 1 heterocycles. The molecular weight excluding hydrogens is 238 g/mol. The largest absolute Gasteiger partial charge is 0.359 e. The lowest BCUT2D eigenvalue weighted by atomic mass is 9.97. The molecule has 94 valence electrons. The van der Waals surface area contributed by atoms with Crippen LogP contribution in [0.2, 0.25) is 0 Å². The molecule has 0 saturated heterocycles. The number of anilines is 1. The molecule has 6 heteroatoms. The first-order valence-electron chi connectivity index (χ1n) is 6.12. The van der Waals surface area contributed by atoms with Gasteiger partial charge in [-0.1, -0.05) is 32.1 Å². The van der Waals surface area contributed by atoms with Crippen molar-refractivity contribution in [2.45, 2.75) is 51.0 Å². The van der Waals surface area contributed by atoms with E-state index in [1.807, 2.05) is 0 Å². The third-order valence-corrected chi connectivity index (χ3v) is 3.99. The van der Waals surface area contributed by atoms with Gasteiger partial charge >= 0.3 is 5.00 Å². The molecule has 0 aliphatic heterocycles. The summed E-state index contributed by atoms with van der Waals surface area (Å²) in [5.74, 6) is 0. The number of nitrogens with zero attached hydrogens (tertiary/aromatic N) is 2. The van der Waals surface area contributed by atoms with E-state index >= 15 is 0 Å². The van der Waals surface area contributed by atoms with Gasteiger partial charge in [0.1, 0.15) is 6.20 Å². The van der Waals surface area contributed by atoms with Gasteiger partial charge in [0.25, 0.3) is 0 Å². The zero-order chi connectivity index (χ0) is 12.1. The highest BCUT2D eigenvalue weighted by Crippen LogP contribution is 2.27. The van der Waals surface area contributed by atoms with E-state index in [1.54, 1.807) is 0 Å². The predicted molar refractivity (Wildman–Crippen MR) is 68.5 cm³/mol. The Labute approximate surface area is 104 Å². The maximum atomic E-state index is 10.6. The Kier molecular flexibility index (Phi) is 4.30. The number of hydrogen-bond donors (Lipinski definition) is 1. The van der Waals surface area contributed by atoms with E-state index in [9.17, 15) is 10.1 Å². The van der Waals surface area contributed by atoms with Crippen LogP contribution in [0.1, 0.15) is 44.9 Å². The zero-order valence-corrected chi connectivity index (χ0v) is 10.5. The number of hydrogen-bond acceptors (Lipinski definition) is 5. The first kappa shape index (κ1) is 12.3. The normalized spacial score (nSPS) is 18.4. The Balaban J connectivity index is 1.91. The summed E-state index contributed by atoms with van der Waals surface area (Å²) < 4.78 is 0. The van der Waals surface area contributed by atoms with Crippen molar-refractivity contribution in [2.75, 3.05) is 5.32 Å². The van der Waals surface area contributed by atoms with Crippen molar-refractivity contribution in [1.82, 2.24) is 4.98 Å². The first-order chi connectivity index (χ1) is 8.25. The second kappa shape index (κ2) is 5.95. The number of thiazole rings is 1. The first-order valence-corrected chi connectivity index (χ1v) is 6.94. The molecule has 0 amide bonds.